The molecule has 0 aliphatic carbocycles. The molecule has 0 aromatic carbocycles. The molecule has 0 fully saturated rings. The van der Waals surface area contributed by atoms with Crippen molar-refractivity contribution in [3.05, 3.63) is 41.3 Å². The highest BCUT2D eigenvalue weighted by Gasteiger charge is 2.24. The molecule has 2 aromatic rings. The number of hydrogen-bond acceptors (Lipinski definition) is 5. The van der Waals surface area contributed by atoms with Gasteiger partial charge in [-0.25, -0.2) is 4.98 Å². The van der Waals surface area contributed by atoms with E-state index in [2.05, 4.69) is 15.4 Å². The fourth-order valence-corrected chi connectivity index (χ4v) is 3.22. The lowest BCUT2D eigenvalue weighted by Gasteiger charge is -2.24. The molecule has 0 bridgehead atoms. The molecule has 1 aliphatic heterocycles. The summed E-state index contributed by atoms with van der Waals surface area (Å²) < 4.78 is 1.82. The largest absolute Gasteiger partial charge is 0.365 e. The number of pyridine rings is 1. The number of hydrogen-bond donors (Lipinski definition) is 2. The van der Waals surface area contributed by atoms with Gasteiger partial charge in [0, 0.05) is 19.3 Å². The Kier molecular flexibility index (Phi) is 4.84. The van der Waals surface area contributed by atoms with Crippen molar-refractivity contribution in [2.45, 2.75) is 24.4 Å². The van der Waals surface area contributed by atoms with Gasteiger partial charge in [0.1, 0.15) is 0 Å². The van der Waals surface area contributed by atoms with E-state index in [9.17, 15) is 9.59 Å². The third-order valence-electron chi connectivity index (χ3n) is 4.20. The number of nitrogens with zero attached hydrogens (tertiary/aromatic N) is 3. The molecule has 1 unspecified atom stereocenters. The number of amides is 2. The van der Waals surface area contributed by atoms with E-state index < -0.39 is 5.91 Å². The molecule has 3 rings (SSSR count). The molecule has 7 nitrogen and oxygen atoms in total. The zero-order chi connectivity index (χ0) is 17.1. The van der Waals surface area contributed by atoms with Crippen molar-refractivity contribution >= 4 is 23.6 Å². The van der Waals surface area contributed by atoms with Crippen LogP contribution in [0.3, 0.4) is 0 Å². The Hall–Kier alpha value is -2.35. The van der Waals surface area contributed by atoms with Crippen molar-refractivity contribution in [1.82, 2.24) is 20.1 Å². The van der Waals surface area contributed by atoms with Gasteiger partial charge in [-0.2, -0.15) is 5.10 Å². The maximum absolute atomic E-state index is 12.2. The summed E-state index contributed by atoms with van der Waals surface area (Å²) in [5.74, 6) is -0.333. The van der Waals surface area contributed by atoms with E-state index >= 15 is 0 Å². The van der Waals surface area contributed by atoms with Crippen molar-refractivity contribution in [1.29, 1.82) is 0 Å². The lowest BCUT2D eigenvalue weighted by molar-refractivity contribution is 0.0941. The number of carbonyl (C=O) groups is 2. The number of nitrogens with two attached hydrogens (primary N) is 1. The zero-order valence-corrected chi connectivity index (χ0v) is 14.2. The summed E-state index contributed by atoms with van der Waals surface area (Å²) in [6.45, 7) is 1.28. The molecule has 1 aliphatic rings. The normalized spacial score (nSPS) is 16.5. The number of carbonyl (C=O) groups excluding carboxylic acids is 2. The number of aryl methyl sites for hydroxylation is 1. The molecule has 1 atom stereocenters. The molecule has 0 radical (unpaired) electrons. The minimum absolute atomic E-state index is 0.135. The van der Waals surface area contributed by atoms with Gasteiger partial charge in [0.2, 0.25) is 0 Å². The fourth-order valence-electron chi connectivity index (χ4n) is 2.85. The molecule has 2 aromatic heterocycles. The Morgan fingerprint density at radius 1 is 1.42 bits per heavy atom. The first-order chi connectivity index (χ1) is 11.6. The van der Waals surface area contributed by atoms with Crippen LogP contribution in [0.1, 0.15) is 32.8 Å². The molecule has 3 heterocycles. The van der Waals surface area contributed by atoms with E-state index in [4.69, 9.17) is 5.73 Å². The second-order valence-electron chi connectivity index (χ2n) is 5.75. The van der Waals surface area contributed by atoms with Crippen molar-refractivity contribution < 1.29 is 9.59 Å². The molecule has 2 amide bonds. The summed E-state index contributed by atoms with van der Waals surface area (Å²) in [5.41, 5.74) is 7.26. The Morgan fingerprint density at radius 3 is 2.92 bits per heavy atom. The quantitative estimate of drug-likeness (QED) is 0.790. The van der Waals surface area contributed by atoms with Crippen molar-refractivity contribution in [2.24, 2.45) is 11.7 Å². The maximum Gasteiger partial charge on any atom is 0.252 e. The number of thioether (sulfide) groups is 1. The van der Waals surface area contributed by atoms with E-state index in [0.717, 1.165) is 23.7 Å². The topological polar surface area (TPSA) is 103 Å². The highest BCUT2D eigenvalue weighted by atomic mass is 32.2. The lowest BCUT2D eigenvalue weighted by atomic mass is 9.94. The molecule has 0 saturated heterocycles. The monoisotopic (exact) mass is 345 g/mol. The van der Waals surface area contributed by atoms with Crippen LogP contribution >= 0.6 is 11.8 Å². The molecule has 3 N–H and O–H groups in total. The molecule has 24 heavy (non-hydrogen) atoms. The first-order valence-corrected chi connectivity index (χ1v) is 8.93. The summed E-state index contributed by atoms with van der Waals surface area (Å²) in [5, 5.41) is 8.02. The predicted molar refractivity (Wildman–Crippen MR) is 90.9 cm³/mol. The van der Waals surface area contributed by atoms with Gasteiger partial charge in [-0.05, 0) is 37.1 Å². The average Bonchev–Trinajstić information content (AvgIpc) is 3.03. The predicted octanol–water partition coefficient (Wildman–Crippen LogP) is 1.09. The van der Waals surface area contributed by atoms with E-state index in [1.165, 1.54) is 18.0 Å². The molecule has 126 valence electrons. The van der Waals surface area contributed by atoms with Gasteiger partial charge in [0.15, 0.2) is 0 Å². The van der Waals surface area contributed by atoms with Crippen LogP contribution in [0.5, 0.6) is 0 Å². The van der Waals surface area contributed by atoms with Crippen LogP contribution in [0, 0.1) is 5.92 Å². The Balaban J connectivity index is 1.59. The average molecular weight is 345 g/mol. The summed E-state index contributed by atoms with van der Waals surface area (Å²) in [6, 6.07) is 3.60. The third kappa shape index (κ3) is 3.43. The molecule has 0 spiro atoms. The maximum atomic E-state index is 12.2. The summed E-state index contributed by atoms with van der Waals surface area (Å²) in [4.78, 5) is 27.8. The second kappa shape index (κ2) is 7.04. The number of primary amides is 1. The van der Waals surface area contributed by atoms with Crippen molar-refractivity contribution in [3.63, 3.8) is 0 Å². The number of nitrogens with one attached hydrogen (secondary N) is 1. The number of rotatable bonds is 5. The lowest BCUT2D eigenvalue weighted by Crippen LogP contribution is -2.34. The summed E-state index contributed by atoms with van der Waals surface area (Å²) >= 11 is 1.53. The summed E-state index contributed by atoms with van der Waals surface area (Å²) in [6.07, 6.45) is 6.63. The van der Waals surface area contributed by atoms with E-state index in [-0.39, 0.29) is 11.8 Å². The Labute approximate surface area is 144 Å². The Bertz CT molecular complexity index is 756. The van der Waals surface area contributed by atoms with E-state index in [1.54, 1.807) is 12.3 Å². The minimum atomic E-state index is -0.458. The van der Waals surface area contributed by atoms with Gasteiger partial charge in [-0.15, -0.1) is 11.8 Å². The van der Waals surface area contributed by atoms with Crippen LogP contribution in [0.15, 0.2) is 29.6 Å². The van der Waals surface area contributed by atoms with Crippen LogP contribution < -0.4 is 11.1 Å². The summed E-state index contributed by atoms with van der Waals surface area (Å²) in [7, 11) is 0. The van der Waals surface area contributed by atoms with Gasteiger partial charge >= 0.3 is 0 Å². The van der Waals surface area contributed by atoms with Gasteiger partial charge in [-0.1, -0.05) is 0 Å². The minimum Gasteiger partial charge on any atom is -0.365 e. The SMILES string of the molecule is CSc1ccc(C(=O)NCC2CCn3ncc(C(N)=O)c3C2)cn1. The van der Waals surface area contributed by atoms with Crippen molar-refractivity contribution in [3.8, 4) is 0 Å². The second-order valence-corrected chi connectivity index (χ2v) is 6.58. The van der Waals surface area contributed by atoms with Crippen LogP contribution in [0.4, 0.5) is 0 Å². The molecule has 8 heteroatoms. The van der Waals surface area contributed by atoms with Gasteiger partial charge in [0.05, 0.1) is 28.0 Å². The van der Waals surface area contributed by atoms with Gasteiger partial charge in [-0.3, -0.25) is 14.3 Å². The highest BCUT2D eigenvalue weighted by molar-refractivity contribution is 7.98. The number of fused-ring (bicyclic) bond motifs is 1. The van der Waals surface area contributed by atoms with Crippen LogP contribution in [-0.2, 0) is 13.0 Å². The molecular formula is C16H19N5O2S. The smallest absolute Gasteiger partial charge is 0.252 e. The van der Waals surface area contributed by atoms with Gasteiger partial charge in [0.25, 0.3) is 11.8 Å². The van der Waals surface area contributed by atoms with Crippen LogP contribution in [0.2, 0.25) is 0 Å². The molecular weight excluding hydrogens is 326 g/mol. The van der Waals surface area contributed by atoms with E-state index in [0.29, 0.717) is 24.1 Å². The fraction of sp³-hybridized carbons (Fsp3) is 0.375. The highest BCUT2D eigenvalue weighted by Crippen LogP contribution is 2.22. The van der Waals surface area contributed by atoms with Gasteiger partial charge < -0.3 is 11.1 Å². The molecule has 0 saturated carbocycles. The zero-order valence-electron chi connectivity index (χ0n) is 13.4. The van der Waals surface area contributed by atoms with E-state index in [1.807, 2.05) is 17.0 Å². The van der Waals surface area contributed by atoms with Crippen LogP contribution in [-0.4, -0.2) is 39.4 Å². The first kappa shape index (κ1) is 16.5. The van der Waals surface area contributed by atoms with Crippen molar-refractivity contribution in [2.75, 3.05) is 12.8 Å². The Morgan fingerprint density at radius 2 is 2.25 bits per heavy atom. The third-order valence-corrected chi connectivity index (χ3v) is 4.86. The van der Waals surface area contributed by atoms with Crippen LogP contribution in [0.25, 0.3) is 0 Å². The standard InChI is InChI=1S/C16H19N5O2S/c1-24-14-3-2-11(8-18-14)16(23)19-7-10-4-5-21-13(6-10)12(9-20-21)15(17)22/h2-3,8-10H,4-7H2,1H3,(H2,17,22)(H,19,23). The first-order valence-electron chi connectivity index (χ1n) is 7.71. The number of aromatic nitrogens is 3.